The minimum atomic E-state index is -3.44. The van der Waals surface area contributed by atoms with Gasteiger partial charge in [-0.1, -0.05) is 15.9 Å². The van der Waals surface area contributed by atoms with Gasteiger partial charge in [-0.3, -0.25) is 19.2 Å². The van der Waals surface area contributed by atoms with Gasteiger partial charge in [0.1, 0.15) is 17.3 Å². The second-order valence-corrected chi connectivity index (χ2v) is 7.92. The van der Waals surface area contributed by atoms with Crippen LogP contribution >= 0.6 is 34.0 Å². The van der Waals surface area contributed by atoms with E-state index in [1.165, 1.54) is 16.8 Å². The average molecular weight is 390 g/mol. The molecule has 0 fully saturated rings. The Morgan fingerprint density at radius 1 is 1.55 bits per heavy atom. The maximum absolute atomic E-state index is 12.1. The summed E-state index contributed by atoms with van der Waals surface area (Å²) in [5, 5.41) is 11.3. The van der Waals surface area contributed by atoms with Gasteiger partial charge in [0, 0.05) is 11.9 Å². The highest BCUT2D eigenvalue weighted by Gasteiger charge is 2.26. The van der Waals surface area contributed by atoms with Gasteiger partial charge in [0.05, 0.1) is 6.07 Å². The van der Waals surface area contributed by atoms with E-state index in [-0.39, 0.29) is 12.4 Å². The first kappa shape index (κ1) is 17.7. The van der Waals surface area contributed by atoms with Crippen molar-refractivity contribution in [3.8, 4) is 0 Å². The fourth-order valence-corrected chi connectivity index (χ4v) is 2.97. The highest BCUT2D eigenvalue weighted by atomic mass is 79.9. The Labute approximate surface area is 129 Å². The van der Waals surface area contributed by atoms with Crippen molar-refractivity contribution in [2.45, 2.75) is 19.4 Å². The van der Waals surface area contributed by atoms with Crippen molar-refractivity contribution in [1.82, 2.24) is 4.67 Å². The molecule has 114 valence electrons. The molecule has 20 heavy (non-hydrogen) atoms. The quantitative estimate of drug-likeness (QED) is 0.207. The number of rotatable bonds is 9. The van der Waals surface area contributed by atoms with E-state index in [2.05, 4.69) is 15.9 Å². The lowest BCUT2D eigenvalue weighted by molar-refractivity contribution is -0.402. The summed E-state index contributed by atoms with van der Waals surface area (Å²) in [5.74, 6) is -0.190. The van der Waals surface area contributed by atoms with Crippen LogP contribution in [0.2, 0.25) is 0 Å². The molecule has 1 rings (SSSR count). The summed E-state index contributed by atoms with van der Waals surface area (Å²) in [6.45, 7) is -3.09. The van der Waals surface area contributed by atoms with Gasteiger partial charge in [-0.25, -0.2) is 4.67 Å². The molecule has 1 aromatic rings. The van der Waals surface area contributed by atoms with Crippen molar-refractivity contribution >= 4 is 39.9 Å². The van der Waals surface area contributed by atoms with E-state index < -0.39 is 17.7 Å². The van der Waals surface area contributed by atoms with E-state index in [4.69, 9.17) is 20.2 Å². The van der Waals surface area contributed by atoms with Crippen LogP contribution in [-0.2, 0) is 15.7 Å². The van der Waals surface area contributed by atoms with Crippen LogP contribution in [0.15, 0.2) is 16.5 Å². The van der Waals surface area contributed by atoms with Crippen molar-refractivity contribution in [3.05, 3.63) is 28.0 Å². The monoisotopic (exact) mass is 388 g/mol. The molecule has 0 amide bonds. The highest BCUT2D eigenvalue weighted by Crippen LogP contribution is 2.55. The predicted octanol–water partition coefficient (Wildman–Crippen LogP) is 4.16. The second kappa shape index (κ2) is 8.14. The number of furan rings is 1. The lowest BCUT2D eigenvalue weighted by Crippen LogP contribution is -2.15. The summed E-state index contributed by atoms with van der Waals surface area (Å²) in [4.78, 5) is 9.79. The van der Waals surface area contributed by atoms with Crippen molar-refractivity contribution in [3.63, 3.8) is 0 Å². The normalized spacial score (nSPS) is 14.4. The maximum atomic E-state index is 12.1. The minimum absolute atomic E-state index is 0.183. The molecule has 0 saturated heterocycles. The van der Waals surface area contributed by atoms with Crippen LogP contribution < -0.4 is 0 Å². The zero-order valence-corrected chi connectivity index (χ0v) is 14.1. The molecular formula is C10H15BrClN2O5P. The molecule has 0 saturated carbocycles. The van der Waals surface area contributed by atoms with Crippen LogP contribution in [0.25, 0.3) is 0 Å². The van der Waals surface area contributed by atoms with Crippen LogP contribution in [0.3, 0.4) is 0 Å². The van der Waals surface area contributed by atoms with Crippen LogP contribution in [-0.4, -0.2) is 28.5 Å². The van der Waals surface area contributed by atoms with Crippen molar-refractivity contribution in [2.75, 3.05) is 18.9 Å². The second-order valence-electron chi connectivity index (χ2n) is 4.00. The molecular weight excluding hydrogens is 374 g/mol. The van der Waals surface area contributed by atoms with Crippen LogP contribution in [0, 0.1) is 10.1 Å². The fourth-order valence-electron chi connectivity index (χ4n) is 1.34. The van der Waals surface area contributed by atoms with Crippen LogP contribution in [0.5, 0.6) is 0 Å². The lowest BCUT2D eigenvalue weighted by Gasteiger charge is -2.21. The summed E-state index contributed by atoms with van der Waals surface area (Å²) < 4.78 is 23.6. The van der Waals surface area contributed by atoms with Gasteiger partial charge in [0.15, 0.2) is 0 Å². The number of hydrogen-bond donors (Lipinski definition) is 0. The first-order chi connectivity index (χ1) is 9.36. The van der Waals surface area contributed by atoms with Gasteiger partial charge >= 0.3 is 12.8 Å². The Balaban J connectivity index is 2.49. The third-order valence-corrected chi connectivity index (χ3v) is 5.56. The van der Waals surface area contributed by atoms with E-state index in [1.54, 1.807) is 7.05 Å². The fraction of sp³-hybridized carbons (Fsp3) is 0.600. The molecule has 0 aliphatic heterocycles. The number of halogens is 2. The molecule has 1 aromatic heterocycles. The first-order valence-electron chi connectivity index (χ1n) is 5.81. The molecule has 1 atom stereocenters. The number of hydrogen-bond acceptors (Lipinski definition) is 5. The number of alkyl halides is 1. The summed E-state index contributed by atoms with van der Waals surface area (Å²) in [5.41, 5.74) is 0. The van der Waals surface area contributed by atoms with E-state index in [0.29, 0.717) is 6.54 Å². The summed E-state index contributed by atoms with van der Waals surface area (Å²) in [6.07, 6.45) is 1.76. The highest BCUT2D eigenvalue weighted by molar-refractivity contribution is 9.09. The van der Waals surface area contributed by atoms with Crippen molar-refractivity contribution in [2.24, 2.45) is 0 Å². The smallest absolute Gasteiger partial charge is 0.403 e. The molecule has 0 aliphatic rings. The maximum Gasteiger partial charge on any atom is 0.433 e. The van der Waals surface area contributed by atoms with Gasteiger partial charge in [0.25, 0.3) is 0 Å². The third-order valence-electron chi connectivity index (χ3n) is 2.47. The molecule has 1 unspecified atom stereocenters. The Morgan fingerprint density at radius 2 is 2.25 bits per heavy atom. The lowest BCUT2D eigenvalue weighted by atomic mass is 10.3. The minimum Gasteiger partial charge on any atom is -0.403 e. The van der Waals surface area contributed by atoms with Gasteiger partial charge in [0.2, 0.25) is 0 Å². The van der Waals surface area contributed by atoms with Crippen molar-refractivity contribution < 1.29 is 18.4 Å². The summed E-state index contributed by atoms with van der Waals surface area (Å²) in [6, 6.07) is 2.59. The molecule has 10 heteroatoms. The molecule has 0 aliphatic carbocycles. The Bertz CT molecular complexity index is 498. The molecule has 1 heterocycles. The van der Waals surface area contributed by atoms with E-state index in [1.807, 2.05) is 0 Å². The van der Waals surface area contributed by atoms with Gasteiger partial charge in [-0.05, 0) is 37.2 Å². The standard InChI is InChI=1S/C10H15BrClN2O5P/c1-13(7-3-2-6-11)20(12,17)18-8-9-4-5-10(19-9)14(15)16/h4-5H,2-3,6-8H2,1H3. The SMILES string of the molecule is CN(CCCCBr)P(=O)(Cl)OCc1ccc([N+](=O)[O-])o1. The van der Waals surface area contributed by atoms with Gasteiger partial charge < -0.3 is 4.42 Å². The zero-order chi connectivity index (χ0) is 15.2. The Morgan fingerprint density at radius 3 is 2.80 bits per heavy atom. The summed E-state index contributed by atoms with van der Waals surface area (Å²) in [7, 11) is 1.60. The summed E-state index contributed by atoms with van der Waals surface area (Å²) >= 11 is 9.16. The van der Waals surface area contributed by atoms with E-state index >= 15 is 0 Å². The molecule has 0 aromatic carbocycles. The molecule has 0 N–H and O–H groups in total. The number of nitro groups is 1. The van der Waals surface area contributed by atoms with Gasteiger partial charge in [-0.2, -0.15) is 0 Å². The first-order valence-corrected chi connectivity index (χ1v) is 9.42. The number of unbranched alkanes of at least 4 members (excludes halogenated alkanes) is 1. The average Bonchev–Trinajstić information content (AvgIpc) is 2.85. The largest absolute Gasteiger partial charge is 0.433 e. The van der Waals surface area contributed by atoms with E-state index in [0.717, 1.165) is 18.2 Å². The Hall–Kier alpha value is -0.400. The number of nitrogens with zero attached hydrogens (tertiary/aromatic N) is 2. The molecule has 0 radical (unpaired) electrons. The molecule has 7 nitrogen and oxygen atoms in total. The van der Waals surface area contributed by atoms with Crippen LogP contribution in [0.1, 0.15) is 18.6 Å². The third kappa shape index (κ3) is 5.54. The topological polar surface area (TPSA) is 85.8 Å². The Kier molecular flexibility index (Phi) is 7.19. The van der Waals surface area contributed by atoms with Crippen LogP contribution in [0.4, 0.5) is 5.88 Å². The zero-order valence-electron chi connectivity index (χ0n) is 10.8. The van der Waals surface area contributed by atoms with Crippen molar-refractivity contribution in [1.29, 1.82) is 0 Å². The molecule has 0 bridgehead atoms. The predicted molar refractivity (Wildman–Crippen MR) is 79.3 cm³/mol. The molecule has 0 spiro atoms. The van der Waals surface area contributed by atoms with Gasteiger partial charge in [-0.15, -0.1) is 0 Å². The van der Waals surface area contributed by atoms with E-state index in [9.17, 15) is 14.7 Å².